The smallest absolute Gasteiger partial charge is 0.387 e. The SMILES string of the molecule is Cc1ccc(OC[C@H](O)CN2C(=O)N[C@](C)(c3ccc(OC(F)F)cc3)C2=O)cc1. The quantitative estimate of drug-likeness (QED) is 0.642. The van der Waals surface area contributed by atoms with Crippen LogP contribution in [0.2, 0.25) is 0 Å². The van der Waals surface area contributed by atoms with Gasteiger partial charge in [0.2, 0.25) is 0 Å². The lowest BCUT2D eigenvalue weighted by Crippen LogP contribution is -2.42. The van der Waals surface area contributed by atoms with E-state index >= 15 is 0 Å². The summed E-state index contributed by atoms with van der Waals surface area (Å²) in [6, 6.07) is 12.0. The summed E-state index contributed by atoms with van der Waals surface area (Å²) in [4.78, 5) is 26.1. The van der Waals surface area contributed by atoms with Gasteiger partial charge in [0.1, 0.15) is 29.7 Å². The second kappa shape index (κ2) is 8.66. The number of benzene rings is 2. The minimum absolute atomic E-state index is 0.0605. The number of rotatable bonds is 8. The number of ether oxygens (including phenoxy) is 2. The predicted octanol–water partition coefficient (Wildman–Crippen LogP) is 2.80. The van der Waals surface area contributed by atoms with Gasteiger partial charge in [-0.15, -0.1) is 0 Å². The fourth-order valence-electron chi connectivity index (χ4n) is 3.12. The van der Waals surface area contributed by atoms with Crippen molar-refractivity contribution in [3.8, 4) is 11.5 Å². The van der Waals surface area contributed by atoms with Crippen molar-refractivity contribution >= 4 is 11.9 Å². The van der Waals surface area contributed by atoms with Gasteiger partial charge in [-0.05, 0) is 43.7 Å². The lowest BCUT2D eigenvalue weighted by Gasteiger charge is -2.23. The van der Waals surface area contributed by atoms with Crippen molar-refractivity contribution in [2.24, 2.45) is 0 Å². The van der Waals surface area contributed by atoms with Crippen molar-refractivity contribution in [1.29, 1.82) is 0 Å². The molecule has 0 saturated carbocycles. The molecule has 1 aliphatic heterocycles. The Morgan fingerprint density at radius 3 is 2.27 bits per heavy atom. The number of carbonyl (C=O) groups is 2. The number of nitrogens with zero attached hydrogens (tertiary/aromatic N) is 1. The van der Waals surface area contributed by atoms with E-state index in [-0.39, 0.29) is 18.9 Å². The predicted molar refractivity (Wildman–Crippen MR) is 103 cm³/mol. The molecule has 3 rings (SSSR count). The third-order valence-electron chi connectivity index (χ3n) is 4.79. The normalized spacial score (nSPS) is 19.7. The number of aliphatic hydroxyl groups is 1. The Morgan fingerprint density at radius 2 is 1.67 bits per heavy atom. The maximum atomic E-state index is 12.9. The molecular formula is C21H22F2N2O5. The van der Waals surface area contributed by atoms with E-state index in [2.05, 4.69) is 10.1 Å². The van der Waals surface area contributed by atoms with Gasteiger partial charge in [-0.1, -0.05) is 29.8 Å². The Hall–Kier alpha value is -3.20. The molecule has 160 valence electrons. The van der Waals surface area contributed by atoms with Crippen molar-refractivity contribution < 1.29 is 33.0 Å². The number of amides is 3. The number of alkyl halides is 2. The van der Waals surface area contributed by atoms with Gasteiger partial charge in [-0.25, -0.2) is 4.79 Å². The topological polar surface area (TPSA) is 88.1 Å². The third-order valence-corrected chi connectivity index (χ3v) is 4.79. The Bertz CT molecular complexity index is 905. The minimum atomic E-state index is -2.96. The van der Waals surface area contributed by atoms with Gasteiger partial charge in [-0.3, -0.25) is 9.69 Å². The summed E-state index contributed by atoms with van der Waals surface area (Å²) in [5.74, 6) is -0.0631. The maximum absolute atomic E-state index is 12.9. The van der Waals surface area contributed by atoms with E-state index in [0.717, 1.165) is 10.5 Å². The van der Waals surface area contributed by atoms with E-state index < -0.39 is 30.2 Å². The van der Waals surface area contributed by atoms with E-state index in [1.165, 1.54) is 31.2 Å². The average Bonchev–Trinajstić information content (AvgIpc) is 2.91. The van der Waals surface area contributed by atoms with Crippen LogP contribution in [-0.2, 0) is 10.3 Å². The van der Waals surface area contributed by atoms with Crippen molar-refractivity contribution in [2.45, 2.75) is 32.1 Å². The molecule has 30 heavy (non-hydrogen) atoms. The summed E-state index contributed by atoms with van der Waals surface area (Å²) < 4.78 is 34.4. The highest BCUT2D eigenvalue weighted by Gasteiger charge is 2.49. The number of aryl methyl sites for hydroxylation is 1. The molecule has 0 aromatic heterocycles. The van der Waals surface area contributed by atoms with Crippen LogP contribution in [-0.4, -0.2) is 47.8 Å². The molecule has 0 unspecified atom stereocenters. The van der Waals surface area contributed by atoms with E-state index in [4.69, 9.17) is 4.74 Å². The number of aliphatic hydroxyl groups excluding tert-OH is 1. The first-order valence-corrected chi connectivity index (χ1v) is 9.26. The molecule has 1 saturated heterocycles. The number of β-amino-alcohol motifs (C(OH)–C–C–N with tert-alkyl or cyclic N) is 1. The first-order valence-electron chi connectivity index (χ1n) is 9.26. The van der Waals surface area contributed by atoms with Gasteiger partial charge in [0.25, 0.3) is 5.91 Å². The van der Waals surface area contributed by atoms with Crippen LogP contribution >= 0.6 is 0 Å². The van der Waals surface area contributed by atoms with Crippen LogP contribution in [0.15, 0.2) is 48.5 Å². The lowest BCUT2D eigenvalue weighted by atomic mass is 9.92. The second-order valence-electron chi connectivity index (χ2n) is 7.15. The molecule has 3 amide bonds. The lowest BCUT2D eigenvalue weighted by molar-refractivity contribution is -0.132. The van der Waals surface area contributed by atoms with Gasteiger partial charge in [0.05, 0.1) is 6.54 Å². The zero-order valence-electron chi connectivity index (χ0n) is 16.5. The molecule has 1 fully saturated rings. The highest BCUT2D eigenvalue weighted by Crippen LogP contribution is 2.30. The van der Waals surface area contributed by atoms with E-state index in [1.807, 2.05) is 19.1 Å². The number of imide groups is 1. The Balaban J connectivity index is 1.63. The Labute approximate surface area is 172 Å². The first-order chi connectivity index (χ1) is 14.2. The van der Waals surface area contributed by atoms with E-state index in [0.29, 0.717) is 11.3 Å². The molecule has 1 heterocycles. The first kappa shape index (κ1) is 21.5. The third kappa shape index (κ3) is 4.68. The summed E-state index contributed by atoms with van der Waals surface area (Å²) >= 11 is 0. The second-order valence-corrected chi connectivity index (χ2v) is 7.15. The zero-order chi connectivity index (χ0) is 21.9. The van der Waals surface area contributed by atoms with Gasteiger partial charge in [-0.2, -0.15) is 8.78 Å². The van der Waals surface area contributed by atoms with Crippen LogP contribution < -0.4 is 14.8 Å². The number of hydrogen-bond acceptors (Lipinski definition) is 5. The van der Waals surface area contributed by atoms with Crippen molar-refractivity contribution in [2.75, 3.05) is 13.2 Å². The fraction of sp³-hybridized carbons (Fsp3) is 0.333. The maximum Gasteiger partial charge on any atom is 0.387 e. The molecule has 1 aliphatic rings. The average molecular weight is 420 g/mol. The molecule has 2 aromatic rings. The molecule has 0 radical (unpaired) electrons. The molecule has 0 aliphatic carbocycles. The Morgan fingerprint density at radius 1 is 1.07 bits per heavy atom. The number of nitrogens with one attached hydrogen (secondary N) is 1. The van der Waals surface area contributed by atoms with Crippen LogP contribution in [0, 0.1) is 6.92 Å². The van der Waals surface area contributed by atoms with Crippen LogP contribution in [0.4, 0.5) is 13.6 Å². The summed E-state index contributed by atoms with van der Waals surface area (Å²) in [5.41, 5.74) is 0.0727. The minimum Gasteiger partial charge on any atom is -0.491 e. The van der Waals surface area contributed by atoms with Crippen molar-refractivity contribution in [3.05, 3.63) is 59.7 Å². The van der Waals surface area contributed by atoms with E-state index in [1.54, 1.807) is 12.1 Å². The molecular weight excluding hydrogens is 398 g/mol. The largest absolute Gasteiger partial charge is 0.491 e. The monoisotopic (exact) mass is 420 g/mol. The highest BCUT2D eigenvalue weighted by molar-refractivity contribution is 6.07. The molecule has 0 bridgehead atoms. The molecule has 2 N–H and O–H groups in total. The fourth-order valence-corrected chi connectivity index (χ4v) is 3.12. The van der Waals surface area contributed by atoms with Crippen molar-refractivity contribution in [1.82, 2.24) is 10.2 Å². The van der Waals surface area contributed by atoms with Crippen LogP contribution in [0.5, 0.6) is 11.5 Å². The molecule has 2 atom stereocenters. The molecule has 9 heteroatoms. The van der Waals surface area contributed by atoms with Gasteiger partial charge in [0, 0.05) is 0 Å². The van der Waals surface area contributed by atoms with Crippen LogP contribution in [0.3, 0.4) is 0 Å². The van der Waals surface area contributed by atoms with E-state index in [9.17, 15) is 23.5 Å². The summed E-state index contributed by atoms with van der Waals surface area (Å²) in [6.45, 7) is 0.131. The molecule has 7 nitrogen and oxygen atoms in total. The van der Waals surface area contributed by atoms with Crippen LogP contribution in [0.1, 0.15) is 18.1 Å². The number of hydrogen-bond donors (Lipinski definition) is 2. The zero-order valence-corrected chi connectivity index (χ0v) is 16.5. The van der Waals surface area contributed by atoms with Crippen molar-refractivity contribution in [3.63, 3.8) is 0 Å². The summed E-state index contributed by atoms with van der Waals surface area (Å²) in [6.07, 6.45) is -1.09. The number of carbonyl (C=O) groups excluding carboxylic acids is 2. The molecule has 0 spiro atoms. The number of urea groups is 1. The van der Waals surface area contributed by atoms with Gasteiger partial charge >= 0.3 is 12.6 Å². The standard InChI is InChI=1S/C21H22F2N2O5/c1-13-3-7-16(8-4-13)29-12-15(26)11-25-18(27)21(2,24-20(25)28)14-5-9-17(10-6-14)30-19(22)23/h3-10,15,19,26H,11-12H2,1-2H3,(H,24,28)/t15-,21-/m1/s1. The summed E-state index contributed by atoms with van der Waals surface area (Å²) in [7, 11) is 0. The summed E-state index contributed by atoms with van der Waals surface area (Å²) in [5, 5.41) is 12.8. The van der Waals surface area contributed by atoms with Crippen LogP contribution in [0.25, 0.3) is 0 Å². The molecule has 2 aromatic carbocycles. The van der Waals surface area contributed by atoms with Gasteiger partial charge < -0.3 is 19.9 Å². The number of halogens is 2. The van der Waals surface area contributed by atoms with Gasteiger partial charge in [0.15, 0.2) is 0 Å². The highest BCUT2D eigenvalue weighted by atomic mass is 19.3. The Kier molecular flexibility index (Phi) is 6.21.